The van der Waals surface area contributed by atoms with E-state index in [1.54, 1.807) is 6.33 Å². The van der Waals surface area contributed by atoms with Gasteiger partial charge in [-0.25, -0.2) is 15.0 Å². The molecule has 5 rings (SSSR count). The first-order valence-corrected chi connectivity index (χ1v) is 9.08. The van der Waals surface area contributed by atoms with Crippen molar-refractivity contribution in [2.45, 2.75) is 6.42 Å². The van der Waals surface area contributed by atoms with Crippen LogP contribution < -0.4 is 5.32 Å². The largest absolute Gasteiger partial charge is 0.368 e. The Bertz CT molecular complexity index is 1250. The quantitative estimate of drug-likeness (QED) is 0.493. The molecule has 2 aromatic carbocycles. The van der Waals surface area contributed by atoms with E-state index in [2.05, 4.69) is 53.6 Å². The van der Waals surface area contributed by atoms with Gasteiger partial charge in [0.25, 0.3) is 0 Å². The zero-order valence-corrected chi connectivity index (χ0v) is 15.0. The van der Waals surface area contributed by atoms with Gasteiger partial charge in [-0.05, 0) is 11.6 Å². The number of hydrogen-bond acceptors (Lipinski definition) is 6. The van der Waals surface area contributed by atoms with E-state index in [-0.39, 0.29) is 0 Å². The normalized spacial score (nSPS) is 11.1. The van der Waals surface area contributed by atoms with E-state index in [0.29, 0.717) is 18.6 Å². The molecule has 7 heteroatoms. The summed E-state index contributed by atoms with van der Waals surface area (Å²) in [7, 11) is 0. The lowest BCUT2D eigenvalue weighted by atomic mass is 9.98. The van der Waals surface area contributed by atoms with Crippen LogP contribution in [0, 0.1) is 0 Å². The molecule has 0 radical (unpaired) electrons. The van der Waals surface area contributed by atoms with Crippen molar-refractivity contribution in [2.24, 2.45) is 0 Å². The van der Waals surface area contributed by atoms with E-state index >= 15 is 0 Å². The molecule has 3 heterocycles. The van der Waals surface area contributed by atoms with Gasteiger partial charge in [0.05, 0.1) is 17.5 Å². The fourth-order valence-electron chi connectivity index (χ4n) is 3.39. The van der Waals surface area contributed by atoms with Crippen LogP contribution >= 0.6 is 0 Å². The zero-order valence-electron chi connectivity index (χ0n) is 15.0. The first-order chi connectivity index (χ1) is 13.9. The Balaban J connectivity index is 1.48. The highest BCUT2D eigenvalue weighted by Gasteiger charge is 2.13. The monoisotopic (exact) mass is 367 g/mol. The van der Waals surface area contributed by atoms with Gasteiger partial charge in [-0.15, -0.1) is 0 Å². The van der Waals surface area contributed by atoms with Gasteiger partial charge in [0, 0.05) is 23.9 Å². The molecule has 0 aliphatic carbocycles. The molecule has 0 unspecified atom stereocenters. The topological polar surface area (TPSA) is 92.3 Å². The molecule has 136 valence electrons. The molecule has 0 saturated heterocycles. The molecule has 5 aromatic rings. The van der Waals surface area contributed by atoms with Gasteiger partial charge in [0.2, 0.25) is 0 Å². The number of aromatic amines is 1. The van der Waals surface area contributed by atoms with Crippen LogP contribution in [0.4, 0.5) is 5.82 Å². The van der Waals surface area contributed by atoms with Crippen molar-refractivity contribution in [3.8, 4) is 11.1 Å². The highest BCUT2D eigenvalue weighted by Crippen LogP contribution is 2.30. The molecule has 7 nitrogen and oxygen atoms in total. The lowest BCUT2D eigenvalue weighted by Crippen LogP contribution is -2.10. The molecule has 0 saturated carbocycles. The number of rotatable bonds is 5. The van der Waals surface area contributed by atoms with Crippen LogP contribution in [-0.2, 0) is 6.42 Å². The van der Waals surface area contributed by atoms with E-state index in [1.807, 2.05) is 36.4 Å². The summed E-state index contributed by atoms with van der Waals surface area (Å²) in [5.74, 6) is 0.734. The lowest BCUT2D eigenvalue weighted by Gasteiger charge is -2.12. The molecule has 0 spiro atoms. The Morgan fingerprint density at radius 3 is 2.64 bits per heavy atom. The second kappa shape index (κ2) is 7.03. The van der Waals surface area contributed by atoms with Crippen molar-refractivity contribution < 1.29 is 0 Å². The Morgan fingerprint density at radius 2 is 1.71 bits per heavy atom. The summed E-state index contributed by atoms with van der Waals surface area (Å²) in [4.78, 5) is 15.7. The Hall–Kier alpha value is -3.87. The number of anilines is 1. The maximum absolute atomic E-state index is 4.52. The summed E-state index contributed by atoms with van der Waals surface area (Å²) in [5, 5.41) is 13.4. The van der Waals surface area contributed by atoms with Crippen molar-refractivity contribution in [1.82, 2.24) is 30.1 Å². The van der Waals surface area contributed by atoms with E-state index in [1.165, 1.54) is 6.33 Å². The molecular formula is C21H17N7. The van der Waals surface area contributed by atoms with Crippen LogP contribution in [0.25, 0.3) is 33.2 Å². The standard InChI is InChI=1S/C21H17N7/c1-2-6-14(7-3-1)18-15-8-4-5-9-16(15)27-28-17(18)10-11-22-20-19-21(24-12-23-19)26-13-25-20/h1-9,12-13H,10-11H2,(H2,22,23,24,25,26). The van der Waals surface area contributed by atoms with Gasteiger partial charge in [0.1, 0.15) is 11.8 Å². The number of hydrogen-bond donors (Lipinski definition) is 2. The minimum Gasteiger partial charge on any atom is -0.368 e. The van der Waals surface area contributed by atoms with E-state index in [0.717, 1.165) is 39.1 Å². The molecule has 2 N–H and O–H groups in total. The van der Waals surface area contributed by atoms with Gasteiger partial charge in [-0.1, -0.05) is 48.5 Å². The summed E-state index contributed by atoms with van der Waals surface area (Å²) in [6.45, 7) is 0.665. The fraction of sp³-hybridized carbons (Fsp3) is 0.0952. The molecule has 0 amide bonds. The van der Waals surface area contributed by atoms with E-state index in [4.69, 9.17) is 0 Å². The van der Waals surface area contributed by atoms with Crippen LogP contribution in [-0.4, -0.2) is 36.7 Å². The molecule has 3 aromatic heterocycles. The van der Waals surface area contributed by atoms with Crippen molar-refractivity contribution >= 4 is 27.9 Å². The summed E-state index contributed by atoms with van der Waals surface area (Å²) in [5.41, 5.74) is 5.56. The SMILES string of the molecule is c1ccc(-c2c(CCNc3ncnc4nc[nH]c34)nnc3ccccc23)cc1. The van der Waals surface area contributed by atoms with Crippen LogP contribution in [0.5, 0.6) is 0 Å². The van der Waals surface area contributed by atoms with Gasteiger partial charge in [-0.2, -0.15) is 10.2 Å². The van der Waals surface area contributed by atoms with Gasteiger partial charge < -0.3 is 10.3 Å². The van der Waals surface area contributed by atoms with Crippen molar-refractivity contribution in [1.29, 1.82) is 0 Å². The maximum atomic E-state index is 4.52. The second-order valence-electron chi connectivity index (χ2n) is 6.41. The van der Waals surface area contributed by atoms with Crippen molar-refractivity contribution in [3.05, 3.63) is 72.9 Å². The third-order valence-corrected chi connectivity index (χ3v) is 4.68. The molecule has 0 aliphatic rings. The zero-order chi connectivity index (χ0) is 18.8. The highest BCUT2D eigenvalue weighted by atomic mass is 15.1. The number of aromatic nitrogens is 6. The van der Waals surface area contributed by atoms with Crippen molar-refractivity contribution in [2.75, 3.05) is 11.9 Å². The summed E-state index contributed by atoms with van der Waals surface area (Å²) >= 11 is 0. The first kappa shape index (κ1) is 16.3. The van der Waals surface area contributed by atoms with Gasteiger partial charge in [0.15, 0.2) is 11.5 Å². The predicted octanol–water partition coefficient (Wildman–Crippen LogP) is 3.62. The number of nitrogens with zero attached hydrogens (tertiary/aromatic N) is 5. The van der Waals surface area contributed by atoms with Crippen molar-refractivity contribution in [3.63, 3.8) is 0 Å². The predicted molar refractivity (Wildman–Crippen MR) is 109 cm³/mol. The fourth-order valence-corrected chi connectivity index (χ4v) is 3.39. The van der Waals surface area contributed by atoms with Gasteiger partial charge >= 0.3 is 0 Å². The maximum Gasteiger partial charge on any atom is 0.182 e. The summed E-state index contributed by atoms with van der Waals surface area (Å²) in [6, 6.07) is 18.4. The number of fused-ring (bicyclic) bond motifs is 2. The third kappa shape index (κ3) is 2.92. The van der Waals surface area contributed by atoms with Crippen LogP contribution in [0.1, 0.15) is 5.69 Å². The summed E-state index contributed by atoms with van der Waals surface area (Å²) < 4.78 is 0. The smallest absolute Gasteiger partial charge is 0.182 e. The third-order valence-electron chi connectivity index (χ3n) is 4.68. The van der Waals surface area contributed by atoms with Crippen LogP contribution in [0.15, 0.2) is 67.3 Å². The molecule has 0 atom stereocenters. The number of benzene rings is 2. The molecule has 0 bridgehead atoms. The minimum atomic E-state index is 0.646. The van der Waals surface area contributed by atoms with E-state index in [9.17, 15) is 0 Å². The lowest BCUT2D eigenvalue weighted by molar-refractivity contribution is 0.905. The Labute approximate surface area is 160 Å². The summed E-state index contributed by atoms with van der Waals surface area (Å²) in [6.07, 6.45) is 3.84. The Morgan fingerprint density at radius 1 is 0.857 bits per heavy atom. The van der Waals surface area contributed by atoms with Crippen LogP contribution in [0.2, 0.25) is 0 Å². The minimum absolute atomic E-state index is 0.646. The first-order valence-electron chi connectivity index (χ1n) is 9.08. The number of nitrogens with one attached hydrogen (secondary N) is 2. The highest BCUT2D eigenvalue weighted by molar-refractivity contribution is 5.95. The molecule has 0 aliphatic heterocycles. The molecular weight excluding hydrogens is 350 g/mol. The average molecular weight is 367 g/mol. The number of H-pyrrole nitrogens is 1. The Kier molecular flexibility index (Phi) is 4.10. The van der Waals surface area contributed by atoms with E-state index < -0.39 is 0 Å². The average Bonchev–Trinajstić information content (AvgIpc) is 3.24. The molecule has 0 fully saturated rings. The van der Waals surface area contributed by atoms with Crippen LogP contribution in [0.3, 0.4) is 0 Å². The van der Waals surface area contributed by atoms with Gasteiger partial charge in [-0.3, -0.25) is 0 Å². The second-order valence-corrected chi connectivity index (χ2v) is 6.41. The number of imidazole rings is 1. The molecule has 28 heavy (non-hydrogen) atoms.